The van der Waals surface area contributed by atoms with E-state index >= 15 is 0 Å². The number of hydrogen-bond donors (Lipinski definition) is 2. The van der Waals surface area contributed by atoms with E-state index in [9.17, 15) is 9.59 Å². The minimum Gasteiger partial charge on any atom is -0.481 e. The summed E-state index contributed by atoms with van der Waals surface area (Å²) in [4.78, 5) is 22.7. The van der Waals surface area contributed by atoms with Crippen LogP contribution in [-0.2, 0) is 9.59 Å². The maximum atomic E-state index is 11.8. The summed E-state index contributed by atoms with van der Waals surface area (Å²) in [7, 11) is 0. The van der Waals surface area contributed by atoms with Gasteiger partial charge in [0.25, 0.3) is 0 Å². The van der Waals surface area contributed by atoms with Crippen molar-refractivity contribution in [3.8, 4) is 0 Å². The number of rotatable bonds is 5. The Labute approximate surface area is 96.4 Å². The number of hydrogen-bond acceptors (Lipinski definition) is 2. The van der Waals surface area contributed by atoms with Crippen molar-refractivity contribution in [3.63, 3.8) is 0 Å². The third-order valence-electron chi connectivity index (χ3n) is 3.19. The Hall–Kier alpha value is -1.06. The van der Waals surface area contributed by atoms with Gasteiger partial charge in [-0.15, -0.1) is 0 Å². The first kappa shape index (κ1) is 13.0. The van der Waals surface area contributed by atoms with Crippen LogP contribution in [0.1, 0.15) is 39.5 Å². The summed E-state index contributed by atoms with van der Waals surface area (Å²) < 4.78 is 0. The number of carbonyl (C=O) groups excluding carboxylic acids is 1. The van der Waals surface area contributed by atoms with Gasteiger partial charge in [-0.25, -0.2) is 0 Å². The predicted octanol–water partition coefficient (Wildman–Crippen LogP) is 1.65. The van der Waals surface area contributed by atoms with Crippen molar-refractivity contribution in [1.29, 1.82) is 0 Å². The lowest BCUT2D eigenvalue weighted by atomic mass is 9.95. The van der Waals surface area contributed by atoms with E-state index in [1.165, 1.54) is 0 Å². The second kappa shape index (κ2) is 5.87. The molecule has 0 aromatic carbocycles. The summed E-state index contributed by atoms with van der Waals surface area (Å²) in [6, 6.07) is 0. The number of aliphatic carboxylic acids is 1. The van der Waals surface area contributed by atoms with Gasteiger partial charge in [-0.1, -0.05) is 20.3 Å². The van der Waals surface area contributed by atoms with Crippen molar-refractivity contribution in [3.05, 3.63) is 0 Å². The Morgan fingerprint density at radius 3 is 2.50 bits per heavy atom. The molecule has 0 spiro atoms. The highest BCUT2D eigenvalue weighted by molar-refractivity contribution is 5.85. The Morgan fingerprint density at radius 1 is 1.31 bits per heavy atom. The van der Waals surface area contributed by atoms with Gasteiger partial charge in [-0.2, -0.15) is 0 Å². The zero-order valence-electron chi connectivity index (χ0n) is 10.0. The molecule has 1 aliphatic carbocycles. The maximum absolute atomic E-state index is 11.8. The van der Waals surface area contributed by atoms with E-state index in [2.05, 4.69) is 19.2 Å². The zero-order chi connectivity index (χ0) is 12.1. The summed E-state index contributed by atoms with van der Waals surface area (Å²) in [6.45, 7) is 4.85. The van der Waals surface area contributed by atoms with Crippen LogP contribution in [0.25, 0.3) is 0 Å². The first-order valence-corrected chi connectivity index (χ1v) is 6.03. The summed E-state index contributed by atoms with van der Waals surface area (Å²) in [5.74, 6) is -1.14. The minimum absolute atomic E-state index is 0.0782. The van der Waals surface area contributed by atoms with Crippen LogP contribution in [0, 0.1) is 17.8 Å². The molecule has 1 amide bonds. The Kier molecular flexibility index (Phi) is 4.77. The molecular weight excluding hydrogens is 206 g/mol. The molecule has 0 aromatic rings. The lowest BCUT2D eigenvalue weighted by Crippen LogP contribution is -2.36. The molecule has 92 valence electrons. The van der Waals surface area contributed by atoms with Gasteiger partial charge < -0.3 is 10.4 Å². The predicted molar refractivity (Wildman–Crippen MR) is 60.9 cm³/mol. The fourth-order valence-corrected chi connectivity index (χ4v) is 2.18. The number of carboxylic acid groups (broad SMARTS) is 1. The maximum Gasteiger partial charge on any atom is 0.307 e. The van der Waals surface area contributed by atoms with Crippen LogP contribution in [0.4, 0.5) is 0 Å². The molecule has 0 heterocycles. The van der Waals surface area contributed by atoms with E-state index in [0.717, 1.165) is 12.8 Å². The third kappa shape index (κ3) is 3.51. The van der Waals surface area contributed by atoms with E-state index in [0.29, 0.717) is 25.3 Å². The smallest absolute Gasteiger partial charge is 0.307 e. The van der Waals surface area contributed by atoms with Crippen LogP contribution in [0.15, 0.2) is 0 Å². The monoisotopic (exact) mass is 227 g/mol. The average Bonchev–Trinajstić information content (AvgIpc) is 2.65. The lowest BCUT2D eigenvalue weighted by molar-refractivity contribution is -0.146. The molecule has 0 bridgehead atoms. The Balaban J connectivity index is 2.38. The van der Waals surface area contributed by atoms with Crippen molar-refractivity contribution in [2.45, 2.75) is 39.5 Å². The zero-order valence-corrected chi connectivity index (χ0v) is 10.0. The van der Waals surface area contributed by atoms with Gasteiger partial charge in [0, 0.05) is 6.54 Å². The van der Waals surface area contributed by atoms with Crippen LogP contribution >= 0.6 is 0 Å². The van der Waals surface area contributed by atoms with E-state index < -0.39 is 11.9 Å². The van der Waals surface area contributed by atoms with Crippen LogP contribution in [0.3, 0.4) is 0 Å². The lowest BCUT2D eigenvalue weighted by Gasteiger charge is -2.15. The standard InChI is InChI=1S/C12H21NO3/c1-8(2)6-7-13-11(14)9-4-3-5-10(9)12(15)16/h8-10H,3-7H2,1-2H3,(H,13,14)(H,15,16). The molecule has 0 aromatic heterocycles. The van der Waals surface area contributed by atoms with Gasteiger partial charge in [-0.3, -0.25) is 9.59 Å². The van der Waals surface area contributed by atoms with E-state index in [4.69, 9.17) is 5.11 Å². The molecule has 1 rings (SSSR count). The number of amides is 1. The summed E-state index contributed by atoms with van der Waals surface area (Å²) >= 11 is 0. The Bertz CT molecular complexity index is 263. The van der Waals surface area contributed by atoms with Crippen LogP contribution in [0.2, 0.25) is 0 Å². The summed E-state index contributed by atoms with van der Waals surface area (Å²) in [5.41, 5.74) is 0. The van der Waals surface area contributed by atoms with Crippen LogP contribution in [0.5, 0.6) is 0 Å². The van der Waals surface area contributed by atoms with E-state index in [1.54, 1.807) is 0 Å². The van der Waals surface area contributed by atoms with Crippen molar-refractivity contribution in [2.75, 3.05) is 6.54 Å². The topological polar surface area (TPSA) is 66.4 Å². The van der Waals surface area contributed by atoms with Crippen molar-refractivity contribution >= 4 is 11.9 Å². The number of nitrogens with one attached hydrogen (secondary N) is 1. The SMILES string of the molecule is CC(C)CCNC(=O)C1CCCC1C(=O)O. The number of carbonyl (C=O) groups is 2. The molecule has 1 aliphatic rings. The second-order valence-electron chi connectivity index (χ2n) is 4.96. The molecule has 4 nitrogen and oxygen atoms in total. The highest BCUT2D eigenvalue weighted by Gasteiger charge is 2.37. The molecular formula is C12H21NO3. The van der Waals surface area contributed by atoms with Crippen LogP contribution in [-0.4, -0.2) is 23.5 Å². The fourth-order valence-electron chi connectivity index (χ4n) is 2.18. The van der Waals surface area contributed by atoms with Gasteiger partial charge in [0.2, 0.25) is 5.91 Å². The van der Waals surface area contributed by atoms with E-state index in [-0.39, 0.29) is 11.8 Å². The van der Waals surface area contributed by atoms with Gasteiger partial charge in [0.1, 0.15) is 0 Å². The second-order valence-corrected chi connectivity index (χ2v) is 4.96. The largest absolute Gasteiger partial charge is 0.481 e. The third-order valence-corrected chi connectivity index (χ3v) is 3.19. The van der Waals surface area contributed by atoms with Gasteiger partial charge in [0.05, 0.1) is 11.8 Å². The van der Waals surface area contributed by atoms with Crippen molar-refractivity contribution < 1.29 is 14.7 Å². The highest BCUT2D eigenvalue weighted by atomic mass is 16.4. The number of carboxylic acids is 1. The normalized spacial score (nSPS) is 24.7. The average molecular weight is 227 g/mol. The molecule has 0 radical (unpaired) electrons. The summed E-state index contributed by atoms with van der Waals surface area (Å²) in [6.07, 6.45) is 3.14. The molecule has 1 saturated carbocycles. The van der Waals surface area contributed by atoms with Crippen molar-refractivity contribution in [1.82, 2.24) is 5.32 Å². The molecule has 16 heavy (non-hydrogen) atoms. The van der Waals surface area contributed by atoms with Gasteiger partial charge >= 0.3 is 5.97 Å². The first-order valence-electron chi connectivity index (χ1n) is 6.03. The first-order chi connectivity index (χ1) is 7.52. The highest BCUT2D eigenvalue weighted by Crippen LogP contribution is 2.31. The molecule has 0 aliphatic heterocycles. The minimum atomic E-state index is -0.832. The summed E-state index contributed by atoms with van der Waals surface area (Å²) in [5, 5.41) is 11.8. The van der Waals surface area contributed by atoms with Gasteiger partial charge in [-0.05, 0) is 25.2 Å². The molecule has 2 unspecified atom stereocenters. The molecule has 2 N–H and O–H groups in total. The quantitative estimate of drug-likeness (QED) is 0.750. The van der Waals surface area contributed by atoms with Crippen LogP contribution < -0.4 is 5.32 Å². The fraction of sp³-hybridized carbons (Fsp3) is 0.833. The molecule has 0 saturated heterocycles. The Morgan fingerprint density at radius 2 is 1.94 bits per heavy atom. The van der Waals surface area contributed by atoms with Gasteiger partial charge in [0.15, 0.2) is 0 Å². The molecule has 1 fully saturated rings. The van der Waals surface area contributed by atoms with Crippen molar-refractivity contribution in [2.24, 2.45) is 17.8 Å². The molecule has 2 atom stereocenters. The van der Waals surface area contributed by atoms with E-state index in [1.807, 2.05) is 0 Å². The molecule has 4 heteroatoms.